The van der Waals surface area contributed by atoms with Crippen LogP contribution in [-0.2, 0) is 23.7 Å². The molecule has 36 heavy (non-hydrogen) atoms. The van der Waals surface area contributed by atoms with Gasteiger partial charge in [0.25, 0.3) is 0 Å². The van der Waals surface area contributed by atoms with Crippen LogP contribution >= 0.6 is 0 Å². The Labute approximate surface area is 242 Å². The molecule has 0 radical (unpaired) electrons. The predicted molar refractivity (Wildman–Crippen MR) is 159 cm³/mol. The van der Waals surface area contributed by atoms with Gasteiger partial charge in [-0.3, -0.25) is 0 Å². The van der Waals surface area contributed by atoms with Crippen LogP contribution in [0.25, 0.3) is 0 Å². The van der Waals surface area contributed by atoms with E-state index in [1.165, 1.54) is 116 Å². The third kappa shape index (κ3) is 76.5. The molecule has 0 aliphatic rings. The quantitative estimate of drug-likeness (QED) is 0.0900. The molecule has 0 heterocycles. The molecule has 4 heteroatoms. The summed E-state index contributed by atoms with van der Waals surface area (Å²) in [6.45, 7) is 16.9. The predicted octanol–water partition coefficient (Wildman–Crippen LogP) is 10.9. The van der Waals surface area contributed by atoms with E-state index in [1.807, 2.05) is 13.8 Å². The Bertz CT molecular complexity index is 259. The first-order chi connectivity index (χ1) is 17.4. The van der Waals surface area contributed by atoms with Gasteiger partial charge in [0.05, 0.1) is 12.2 Å². The molecule has 0 spiro atoms. The average molecular weight is 551 g/mol. The molecule has 0 amide bonds. The van der Waals surface area contributed by atoms with Gasteiger partial charge >= 0.3 is 23.7 Å². The Morgan fingerprint density at radius 2 is 0.750 bits per heavy atom. The Morgan fingerprint density at radius 3 is 0.944 bits per heavy atom. The van der Waals surface area contributed by atoms with E-state index < -0.39 is 0 Å². The zero-order valence-electron chi connectivity index (χ0n) is 26.3. The monoisotopic (exact) mass is 550 g/mol. The van der Waals surface area contributed by atoms with Crippen LogP contribution in [-0.4, -0.2) is 22.4 Å². The molecule has 0 bridgehead atoms. The van der Waals surface area contributed by atoms with Crippen molar-refractivity contribution in [3.05, 3.63) is 12.8 Å². The molecule has 0 saturated heterocycles. The SMILES string of the molecule is CCCCCCC(C)O.CCCCCCC(C)O.C[CH-]CCCCCC.C[CH-]CCCCCC.[O]=[Ti+2]. The van der Waals surface area contributed by atoms with Gasteiger partial charge in [0.1, 0.15) is 0 Å². The molecular formula is C32H70O3Ti. The van der Waals surface area contributed by atoms with E-state index in [-0.39, 0.29) is 12.2 Å². The van der Waals surface area contributed by atoms with E-state index in [0.29, 0.717) is 0 Å². The van der Waals surface area contributed by atoms with Crippen molar-refractivity contribution in [2.75, 3.05) is 0 Å². The molecule has 2 N–H and O–H groups in total. The fourth-order valence-corrected chi connectivity index (χ4v) is 3.28. The van der Waals surface area contributed by atoms with Crippen molar-refractivity contribution < 1.29 is 33.9 Å². The van der Waals surface area contributed by atoms with Crippen LogP contribution in [0.3, 0.4) is 0 Å². The molecule has 0 rings (SSSR count). The standard InChI is InChI=1S/2C8H18O.2C8H17.O.Ti/c2*1-3-4-5-6-7-8(2)9;2*1-3-5-7-8-6-4-2;;/h2*8-9H,3-7H2,1-2H3;2*3H,4-8H2,1-2H3;;/q;;2*-1;;+2. The van der Waals surface area contributed by atoms with Gasteiger partial charge in [-0.1, -0.05) is 130 Å². The summed E-state index contributed by atoms with van der Waals surface area (Å²) in [5, 5.41) is 17.7. The first-order valence-electron chi connectivity index (χ1n) is 15.5. The molecule has 2 unspecified atom stereocenters. The molecule has 2 atom stereocenters. The molecular weight excluding hydrogens is 480 g/mol. The van der Waals surface area contributed by atoms with Gasteiger partial charge in [-0.25, -0.2) is 0 Å². The van der Waals surface area contributed by atoms with E-state index in [9.17, 15) is 0 Å². The number of rotatable bonds is 20. The third-order valence-corrected chi connectivity index (χ3v) is 5.64. The van der Waals surface area contributed by atoms with Crippen molar-refractivity contribution >= 4 is 0 Å². The van der Waals surface area contributed by atoms with E-state index >= 15 is 0 Å². The Kier molecular flexibility index (Phi) is 66.8. The summed E-state index contributed by atoms with van der Waals surface area (Å²) in [6, 6.07) is 0. The van der Waals surface area contributed by atoms with Gasteiger partial charge in [0, 0.05) is 0 Å². The topological polar surface area (TPSA) is 57.5 Å². The number of hydrogen-bond acceptors (Lipinski definition) is 3. The van der Waals surface area contributed by atoms with Crippen molar-refractivity contribution in [3.63, 3.8) is 0 Å². The molecule has 220 valence electrons. The summed E-state index contributed by atoms with van der Waals surface area (Å²) in [5.41, 5.74) is 0. The first kappa shape index (κ1) is 46.3. The number of unbranched alkanes of at least 4 members (excludes halogenated alkanes) is 16. The maximum atomic E-state index is 8.85. The first-order valence-corrected chi connectivity index (χ1v) is 16.1. The minimum absolute atomic E-state index is 0.0955. The van der Waals surface area contributed by atoms with E-state index in [0.717, 1.165) is 33.2 Å². The molecule has 0 fully saturated rings. The zero-order valence-corrected chi connectivity index (χ0v) is 27.8. The number of hydrogen-bond donors (Lipinski definition) is 2. The minimum atomic E-state index is -0.0955. The summed E-state index contributed by atoms with van der Waals surface area (Å²) in [7, 11) is 0. The second-order valence-corrected chi connectivity index (χ2v) is 9.91. The van der Waals surface area contributed by atoms with Crippen LogP contribution in [0.15, 0.2) is 0 Å². The van der Waals surface area contributed by atoms with Crippen LogP contribution in [0.2, 0.25) is 0 Å². The van der Waals surface area contributed by atoms with Gasteiger partial charge in [-0.05, 0) is 26.7 Å². The molecule has 0 saturated carbocycles. The van der Waals surface area contributed by atoms with Gasteiger partial charge in [-0.15, -0.1) is 0 Å². The Balaban J connectivity index is -0.000000116. The Hall–Kier alpha value is 0.434. The third-order valence-electron chi connectivity index (χ3n) is 5.64. The molecule has 0 aliphatic heterocycles. The van der Waals surface area contributed by atoms with Crippen LogP contribution in [0, 0.1) is 12.8 Å². The fourth-order valence-electron chi connectivity index (χ4n) is 3.28. The summed E-state index contributed by atoms with van der Waals surface area (Å²) < 4.78 is 8.25. The van der Waals surface area contributed by atoms with E-state index in [4.69, 9.17) is 13.5 Å². The van der Waals surface area contributed by atoms with Gasteiger partial charge in [0.2, 0.25) is 0 Å². The summed E-state index contributed by atoms with van der Waals surface area (Å²) in [4.78, 5) is 0. The van der Waals surface area contributed by atoms with Crippen LogP contribution in [0.4, 0.5) is 0 Å². The van der Waals surface area contributed by atoms with Crippen molar-refractivity contribution in [3.8, 4) is 0 Å². The molecule has 0 aromatic heterocycles. The van der Waals surface area contributed by atoms with Gasteiger partial charge < -0.3 is 23.1 Å². The average Bonchev–Trinajstić information content (AvgIpc) is 2.87. The molecule has 0 aromatic carbocycles. The maximum absolute atomic E-state index is 8.85. The second-order valence-electron chi connectivity index (χ2n) is 9.91. The summed E-state index contributed by atoms with van der Waals surface area (Å²) >= 11 is 0.750. The normalized spacial score (nSPS) is 11.3. The Morgan fingerprint density at radius 1 is 0.500 bits per heavy atom. The molecule has 0 aliphatic carbocycles. The van der Waals surface area contributed by atoms with Crippen molar-refractivity contribution in [1.29, 1.82) is 0 Å². The molecule has 0 aromatic rings. The van der Waals surface area contributed by atoms with Crippen LogP contribution in [0.5, 0.6) is 0 Å². The van der Waals surface area contributed by atoms with Crippen molar-refractivity contribution in [2.24, 2.45) is 0 Å². The fraction of sp³-hybridized carbons (Fsp3) is 0.938. The van der Waals surface area contributed by atoms with Gasteiger partial charge in [-0.2, -0.15) is 26.7 Å². The second kappa shape index (κ2) is 52.0. The molecule has 3 nitrogen and oxygen atoms in total. The summed E-state index contributed by atoms with van der Waals surface area (Å²) in [5.74, 6) is 0. The van der Waals surface area contributed by atoms with Crippen LogP contribution in [0.1, 0.15) is 184 Å². The number of aliphatic hydroxyl groups is 2. The zero-order chi connectivity index (χ0) is 28.7. The van der Waals surface area contributed by atoms with Gasteiger partial charge in [0.15, 0.2) is 0 Å². The summed E-state index contributed by atoms with van der Waals surface area (Å²) in [6.07, 6.45) is 30.1. The number of aliphatic hydroxyl groups excluding tert-OH is 2. The van der Waals surface area contributed by atoms with Crippen LogP contribution < -0.4 is 0 Å². The van der Waals surface area contributed by atoms with Crippen molar-refractivity contribution in [2.45, 2.75) is 196 Å². The van der Waals surface area contributed by atoms with Crippen molar-refractivity contribution in [1.82, 2.24) is 0 Å². The van der Waals surface area contributed by atoms with E-state index in [2.05, 4.69) is 54.4 Å². The van der Waals surface area contributed by atoms with E-state index in [1.54, 1.807) is 0 Å².